The van der Waals surface area contributed by atoms with E-state index in [9.17, 15) is 19.5 Å². The minimum absolute atomic E-state index is 0.0220. The second kappa shape index (κ2) is 4.61. The Morgan fingerprint density at radius 3 is 2.78 bits per heavy atom. The largest absolute Gasteiger partial charge is 0.480 e. The summed E-state index contributed by atoms with van der Waals surface area (Å²) in [5.41, 5.74) is -0.609. The maximum atomic E-state index is 12.1. The molecule has 0 unspecified atom stereocenters. The van der Waals surface area contributed by atoms with Gasteiger partial charge in [0.25, 0.3) is 5.91 Å². The number of H-pyrrole nitrogens is 1. The van der Waals surface area contributed by atoms with E-state index in [1.807, 2.05) is 0 Å². The highest BCUT2D eigenvalue weighted by atomic mass is 16.4. The number of aromatic amines is 1. The minimum atomic E-state index is -1.19. The van der Waals surface area contributed by atoms with E-state index >= 15 is 0 Å². The smallest absolute Gasteiger partial charge is 0.326 e. The molecule has 2 rings (SSSR count). The van der Waals surface area contributed by atoms with Crippen molar-refractivity contribution < 1.29 is 19.8 Å². The Hall–Kier alpha value is -2.15. The number of pyridine rings is 1. The van der Waals surface area contributed by atoms with E-state index in [0.717, 1.165) is 4.90 Å². The first-order chi connectivity index (χ1) is 8.50. The van der Waals surface area contributed by atoms with E-state index in [2.05, 4.69) is 4.98 Å². The van der Waals surface area contributed by atoms with Gasteiger partial charge in [-0.25, -0.2) is 4.79 Å². The molecule has 0 radical (unpaired) electrons. The van der Waals surface area contributed by atoms with Crippen molar-refractivity contribution in [3.05, 3.63) is 34.2 Å². The van der Waals surface area contributed by atoms with Crippen LogP contribution in [0.1, 0.15) is 16.8 Å². The van der Waals surface area contributed by atoms with E-state index in [0.29, 0.717) is 0 Å². The molecule has 1 aromatic heterocycles. The van der Waals surface area contributed by atoms with Crippen LogP contribution in [-0.2, 0) is 4.79 Å². The fourth-order valence-corrected chi connectivity index (χ4v) is 2.01. The molecule has 1 fully saturated rings. The first kappa shape index (κ1) is 12.3. The number of aliphatic hydroxyl groups excluding tert-OH is 1. The van der Waals surface area contributed by atoms with Crippen LogP contribution in [0.15, 0.2) is 23.3 Å². The van der Waals surface area contributed by atoms with Crippen LogP contribution in [0.5, 0.6) is 0 Å². The average Bonchev–Trinajstić information content (AvgIpc) is 2.71. The monoisotopic (exact) mass is 252 g/mol. The van der Waals surface area contributed by atoms with Gasteiger partial charge in [0.2, 0.25) is 0 Å². The normalized spacial score (nSPS) is 23.1. The molecule has 1 aliphatic rings. The highest BCUT2D eigenvalue weighted by molar-refractivity contribution is 5.96. The molecule has 0 bridgehead atoms. The molecule has 7 heteroatoms. The molecule has 1 aliphatic heterocycles. The van der Waals surface area contributed by atoms with Crippen molar-refractivity contribution in [2.75, 3.05) is 6.54 Å². The third kappa shape index (κ3) is 2.12. The van der Waals surface area contributed by atoms with E-state index < -0.39 is 29.5 Å². The highest BCUT2D eigenvalue weighted by Gasteiger charge is 2.39. The van der Waals surface area contributed by atoms with Gasteiger partial charge in [0.1, 0.15) is 11.6 Å². The summed E-state index contributed by atoms with van der Waals surface area (Å²) >= 11 is 0. The second-order valence-electron chi connectivity index (χ2n) is 4.12. The van der Waals surface area contributed by atoms with Crippen LogP contribution in [0.25, 0.3) is 0 Å². The second-order valence-corrected chi connectivity index (χ2v) is 4.12. The molecule has 1 aromatic rings. The van der Waals surface area contributed by atoms with Crippen molar-refractivity contribution >= 4 is 11.9 Å². The number of rotatable bonds is 2. The van der Waals surface area contributed by atoms with Crippen molar-refractivity contribution in [1.82, 2.24) is 9.88 Å². The fourth-order valence-electron chi connectivity index (χ4n) is 2.01. The number of aliphatic carboxylic acids is 1. The predicted octanol–water partition coefficient (Wildman–Crippen LogP) is -0.965. The van der Waals surface area contributed by atoms with Crippen LogP contribution in [0.3, 0.4) is 0 Å². The van der Waals surface area contributed by atoms with Crippen LogP contribution in [0.2, 0.25) is 0 Å². The van der Waals surface area contributed by atoms with E-state index in [-0.39, 0.29) is 18.5 Å². The zero-order chi connectivity index (χ0) is 13.3. The molecule has 0 saturated carbocycles. The summed E-state index contributed by atoms with van der Waals surface area (Å²) in [5.74, 6) is -1.87. The number of carboxylic acids is 1. The van der Waals surface area contributed by atoms with Gasteiger partial charge in [0.15, 0.2) is 5.43 Å². The molecule has 0 spiro atoms. The predicted molar refractivity (Wildman–Crippen MR) is 60.1 cm³/mol. The highest BCUT2D eigenvalue weighted by Crippen LogP contribution is 2.19. The molecule has 7 nitrogen and oxygen atoms in total. The number of carboxylic acid groups (broad SMARTS) is 1. The van der Waals surface area contributed by atoms with Crippen LogP contribution in [0, 0.1) is 0 Å². The topological polar surface area (TPSA) is 111 Å². The molecule has 0 aromatic carbocycles. The van der Waals surface area contributed by atoms with Gasteiger partial charge in [-0.3, -0.25) is 9.59 Å². The van der Waals surface area contributed by atoms with E-state index in [4.69, 9.17) is 5.11 Å². The molecule has 3 N–H and O–H groups in total. The number of carbonyl (C=O) groups is 2. The Kier molecular flexibility index (Phi) is 3.15. The number of aromatic nitrogens is 1. The molecule has 0 aliphatic carbocycles. The number of hydrogen-bond donors (Lipinski definition) is 3. The van der Waals surface area contributed by atoms with E-state index in [1.165, 1.54) is 18.5 Å². The number of nitrogens with one attached hydrogen (secondary N) is 1. The summed E-state index contributed by atoms with van der Waals surface area (Å²) in [6, 6.07) is 0.0993. The molecule has 18 heavy (non-hydrogen) atoms. The van der Waals surface area contributed by atoms with Crippen LogP contribution < -0.4 is 5.43 Å². The lowest BCUT2D eigenvalue weighted by atomic mass is 10.2. The maximum absolute atomic E-state index is 12.1. The number of nitrogens with zero attached hydrogens (tertiary/aromatic N) is 1. The quantitative estimate of drug-likeness (QED) is 0.627. The Labute approximate surface area is 102 Å². The summed E-state index contributed by atoms with van der Waals surface area (Å²) in [4.78, 5) is 38.2. The Morgan fingerprint density at radius 1 is 1.44 bits per heavy atom. The maximum Gasteiger partial charge on any atom is 0.326 e. The third-order valence-corrected chi connectivity index (χ3v) is 2.88. The molecule has 2 heterocycles. The van der Waals surface area contributed by atoms with Gasteiger partial charge >= 0.3 is 5.97 Å². The first-order valence-corrected chi connectivity index (χ1v) is 5.39. The van der Waals surface area contributed by atoms with Crippen molar-refractivity contribution in [2.45, 2.75) is 18.6 Å². The van der Waals surface area contributed by atoms with Crippen molar-refractivity contribution in [1.29, 1.82) is 0 Å². The van der Waals surface area contributed by atoms with Gasteiger partial charge < -0.3 is 20.1 Å². The minimum Gasteiger partial charge on any atom is -0.480 e. The summed E-state index contributed by atoms with van der Waals surface area (Å²) < 4.78 is 0. The standard InChI is InChI=1S/C11H12N2O5/c14-6-3-8(11(17)18)13(5-6)10(16)7-4-12-2-1-9(7)15/h1-2,4,6,8,14H,3,5H2,(H,12,15)(H,17,18)/t6-,8-/m0/s1. The molecular formula is C11H12N2O5. The number of amides is 1. The molecule has 2 atom stereocenters. The molecule has 1 saturated heterocycles. The molecule has 1 amide bonds. The Bertz CT molecular complexity index is 538. The number of aliphatic hydroxyl groups is 1. The SMILES string of the molecule is O=C(O)[C@@H]1C[C@H](O)CN1C(=O)c1c[nH]ccc1=O. The number of β-amino-alcohol motifs (C(OH)–C–C–N with tert-alkyl or cyclic N) is 1. The summed E-state index contributed by atoms with van der Waals surface area (Å²) in [7, 11) is 0. The van der Waals surface area contributed by atoms with Crippen molar-refractivity contribution in [3.63, 3.8) is 0 Å². The molecule has 96 valence electrons. The van der Waals surface area contributed by atoms with Gasteiger partial charge in [-0.05, 0) is 0 Å². The summed E-state index contributed by atoms with van der Waals surface area (Å²) in [6.45, 7) is -0.0792. The van der Waals surface area contributed by atoms with Crippen LogP contribution in [0.4, 0.5) is 0 Å². The van der Waals surface area contributed by atoms with Crippen LogP contribution >= 0.6 is 0 Å². The zero-order valence-corrected chi connectivity index (χ0v) is 9.37. The fraction of sp³-hybridized carbons (Fsp3) is 0.364. The lowest BCUT2D eigenvalue weighted by Gasteiger charge is -2.20. The van der Waals surface area contributed by atoms with Gasteiger partial charge in [0.05, 0.1) is 6.10 Å². The van der Waals surface area contributed by atoms with Gasteiger partial charge in [-0.1, -0.05) is 0 Å². The van der Waals surface area contributed by atoms with Gasteiger partial charge in [-0.2, -0.15) is 0 Å². The van der Waals surface area contributed by atoms with Gasteiger partial charge in [-0.15, -0.1) is 0 Å². The summed E-state index contributed by atoms with van der Waals surface area (Å²) in [6.07, 6.45) is 1.71. The summed E-state index contributed by atoms with van der Waals surface area (Å²) in [5, 5.41) is 18.4. The Morgan fingerprint density at radius 2 is 2.17 bits per heavy atom. The van der Waals surface area contributed by atoms with Gasteiger partial charge in [0, 0.05) is 31.4 Å². The number of hydrogen-bond acceptors (Lipinski definition) is 4. The van der Waals surface area contributed by atoms with Crippen molar-refractivity contribution in [2.24, 2.45) is 0 Å². The first-order valence-electron chi connectivity index (χ1n) is 5.39. The van der Waals surface area contributed by atoms with E-state index in [1.54, 1.807) is 0 Å². The lowest BCUT2D eigenvalue weighted by Crippen LogP contribution is -2.42. The number of likely N-dealkylation sites (tertiary alicyclic amines) is 1. The van der Waals surface area contributed by atoms with Crippen molar-refractivity contribution in [3.8, 4) is 0 Å². The molecular weight excluding hydrogens is 240 g/mol. The average molecular weight is 252 g/mol. The number of carbonyl (C=O) groups excluding carboxylic acids is 1. The Balaban J connectivity index is 2.31. The van der Waals surface area contributed by atoms with Crippen LogP contribution in [-0.4, -0.2) is 50.7 Å². The third-order valence-electron chi connectivity index (χ3n) is 2.88. The lowest BCUT2D eigenvalue weighted by molar-refractivity contribution is -0.141. The zero-order valence-electron chi connectivity index (χ0n) is 9.37.